The minimum absolute atomic E-state index is 0.0235. The minimum atomic E-state index is -5.10. The van der Waals surface area contributed by atoms with Gasteiger partial charge in [-0.2, -0.15) is 52.7 Å². The molecular weight excluding hydrogens is 1070 g/mol. The van der Waals surface area contributed by atoms with E-state index in [-0.39, 0.29) is 34.9 Å². The molecule has 4 aromatic rings. The van der Waals surface area contributed by atoms with Crippen LogP contribution >= 0.6 is 28.5 Å². The molecule has 0 fully saturated rings. The first-order valence-corrected chi connectivity index (χ1v) is 22.3. The first kappa shape index (κ1) is 56.4. The van der Waals surface area contributed by atoms with Gasteiger partial charge < -0.3 is 10.6 Å². The molecule has 0 amide bonds. The summed E-state index contributed by atoms with van der Waals surface area (Å²) in [6.45, 7) is 12.3. The third-order valence-corrected chi connectivity index (χ3v) is 8.40. The van der Waals surface area contributed by atoms with Crippen LogP contribution in [0.1, 0.15) is 44.5 Å². The van der Waals surface area contributed by atoms with Crippen LogP contribution in [0.2, 0.25) is 0 Å². The van der Waals surface area contributed by atoms with E-state index in [1.807, 2.05) is 0 Å². The number of para-hydroxylation sites is 4. The molecule has 0 unspecified atom stereocenters. The summed E-state index contributed by atoms with van der Waals surface area (Å²) in [4.78, 5) is 7.05. The molecule has 0 radical (unpaired) electrons. The normalized spacial score (nSPS) is 12.9. The van der Waals surface area contributed by atoms with Crippen LogP contribution < -0.4 is 0 Å². The van der Waals surface area contributed by atoms with E-state index in [1.165, 1.54) is 104 Å². The van der Waals surface area contributed by atoms with Gasteiger partial charge in [-0.05, 0) is 89.8 Å². The van der Waals surface area contributed by atoms with Crippen molar-refractivity contribution in [3.8, 4) is 0 Å². The molecule has 0 atom stereocenters. The molecule has 0 aliphatic carbocycles. The first-order valence-electron chi connectivity index (χ1n) is 17.4. The molecule has 0 aliphatic heterocycles. The van der Waals surface area contributed by atoms with Crippen molar-refractivity contribution in [1.82, 2.24) is 0 Å². The van der Waals surface area contributed by atoms with E-state index < -0.39 is 47.5 Å². The molecule has 0 saturated heterocycles. The van der Waals surface area contributed by atoms with Crippen molar-refractivity contribution in [2.45, 2.75) is 80.1 Å². The number of rotatable bonds is 8. The Morgan fingerprint density at radius 3 is 0.806 bits per heavy atom. The molecule has 0 aromatic heterocycles. The van der Waals surface area contributed by atoms with Gasteiger partial charge in [0.05, 0.1) is 11.4 Å². The number of allylic oxidation sites excluding steroid dienone is 4. The Balaban J connectivity index is 0.000000574. The van der Waals surface area contributed by atoms with E-state index in [0.29, 0.717) is 44.5 Å². The maximum atomic E-state index is 13.5. The molecule has 20 heteroatoms. The van der Waals surface area contributed by atoms with Crippen LogP contribution in [0.5, 0.6) is 0 Å². The van der Waals surface area contributed by atoms with Gasteiger partial charge >= 0.3 is 80.5 Å². The molecule has 0 N–H and O–H groups in total. The fraction of sp³-hybridized carbons (Fsp3) is 0.286. The summed E-state index contributed by atoms with van der Waals surface area (Å²) in [6, 6.07) is 18.8. The molecule has 0 spiro atoms. The molecular formula is C42H38Br2F12N4Ni2-2. The van der Waals surface area contributed by atoms with E-state index in [2.05, 4.69) is 76.5 Å². The predicted molar refractivity (Wildman–Crippen MR) is 222 cm³/mol. The Kier molecular flexibility index (Phi) is 22.3. The molecule has 4 nitrogen and oxygen atoms in total. The Morgan fingerprint density at radius 2 is 0.613 bits per heavy atom. The molecule has 0 bridgehead atoms. The van der Waals surface area contributed by atoms with Gasteiger partial charge in [0.15, 0.2) is 0 Å². The number of aliphatic imine (C=N–C) groups is 2. The molecule has 346 valence electrons. The van der Waals surface area contributed by atoms with Gasteiger partial charge in [-0.3, -0.25) is 0 Å². The zero-order valence-corrected chi connectivity index (χ0v) is 38.9. The van der Waals surface area contributed by atoms with Gasteiger partial charge in [-0.25, -0.2) is 9.98 Å². The van der Waals surface area contributed by atoms with Crippen LogP contribution in [0.4, 0.5) is 75.4 Å². The summed E-state index contributed by atoms with van der Waals surface area (Å²) in [5.74, 6) is 0. The van der Waals surface area contributed by atoms with E-state index >= 15 is 0 Å². The summed E-state index contributed by atoms with van der Waals surface area (Å²) in [5.41, 5.74) is -3.43. The topological polar surface area (TPSA) is 52.9 Å². The van der Waals surface area contributed by atoms with Crippen LogP contribution in [0, 0.1) is 55.4 Å². The monoisotopic (exact) mass is 1100 g/mol. The number of hydrogen-bond donors (Lipinski definition) is 0. The number of alkyl halides is 12. The molecule has 0 saturated carbocycles. The SMILES string of the molecule is Cc1cccc(C)c1N=C(/C=C(\[N-]c1c(C)cccc1C)C(F)(F)F)C(F)(F)F.Cc1cccc(C)c1N=C(/C=C(\[N-]c1c(C)cccc1C)C(F)(F)F)C(F)(F)F.[Ni][Br].[Ni][Br]. The Bertz CT molecular complexity index is 2010. The van der Waals surface area contributed by atoms with Crippen molar-refractivity contribution >= 4 is 62.6 Å². The van der Waals surface area contributed by atoms with Crippen LogP contribution in [0.3, 0.4) is 0 Å². The van der Waals surface area contributed by atoms with E-state index in [4.69, 9.17) is 0 Å². The summed E-state index contributed by atoms with van der Waals surface area (Å²) in [6.07, 6.45) is -20.5. The van der Waals surface area contributed by atoms with Crippen LogP contribution in [0.25, 0.3) is 10.6 Å². The van der Waals surface area contributed by atoms with Gasteiger partial charge in [0.2, 0.25) is 0 Å². The fourth-order valence-electron chi connectivity index (χ4n) is 5.38. The van der Waals surface area contributed by atoms with Crippen molar-refractivity contribution < 1.29 is 80.1 Å². The summed E-state index contributed by atoms with van der Waals surface area (Å²) < 4.78 is 162. The third kappa shape index (κ3) is 17.2. The number of hydrogen-bond acceptors (Lipinski definition) is 2. The van der Waals surface area contributed by atoms with E-state index in [9.17, 15) is 52.7 Å². The summed E-state index contributed by atoms with van der Waals surface area (Å²) in [5, 5.41) is 7.05. The predicted octanol–water partition coefficient (Wildman–Crippen LogP) is 17.1. The average molecular weight is 1100 g/mol. The van der Waals surface area contributed by atoms with Gasteiger partial charge in [0.25, 0.3) is 0 Å². The van der Waals surface area contributed by atoms with Crippen LogP contribution in [0.15, 0.2) is 106 Å². The second-order valence-corrected chi connectivity index (χ2v) is 13.2. The van der Waals surface area contributed by atoms with Gasteiger partial charge in [0.1, 0.15) is 11.4 Å². The van der Waals surface area contributed by atoms with Gasteiger partial charge in [0, 0.05) is 0 Å². The van der Waals surface area contributed by atoms with E-state index in [1.54, 1.807) is 24.3 Å². The Morgan fingerprint density at radius 1 is 0.403 bits per heavy atom. The third-order valence-electron chi connectivity index (χ3n) is 8.40. The number of benzene rings is 4. The quantitative estimate of drug-likeness (QED) is 0.0959. The maximum absolute atomic E-state index is 13.5. The Hall–Kier alpha value is -3.59. The van der Waals surface area contributed by atoms with Crippen molar-refractivity contribution in [2.24, 2.45) is 9.98 Å². The van der Waals surface area contributed by atoms with Crippen molar-refractivity contribution in [3.05, 3.63) is 151 Å². The zero-order valence-electron chi connectivity index (χ0n) is 33.8. The standard InChI is InChI=1S/2C21H19F6N2.2BrH.2Ni/c2*1-12-7-5-8-13(2)18(12)28-16(20(22,23)24)11-17(21(25,26)27)29-19-14(3)9-6-10-15(19)4;;;;/h2*5-11H,1-4H3;2*1H;;/q2*-1;;;2*+1/p-2/b2*16-11-,29-17?;;;;. The second kappa shape index (κ2) is 24.5. The van der Waals surface area contributed by atoms with Crippen molar-refractivity contribution in [2.75, 3.05) is 0 Å². The molecule has 62 heavy (non-hydrogen) atoms. The number of halogens is 14. The summed E-state index contributed by atoms with van der Waals surface area (Å²) in [7, 11) is 0. The summed E-state index contributed by atoms with van der Waals surface area (Å²) >= 11 is 12.5. The van der Waals surface area contributed by atoms with E-state index in [0.717, 1.165) is 0 Å². The second-order valence-electron chi connectivity index (χ2n) is 13.2. The molecule has 4 aromatic carbocycles. The van der Waals surface area contributed by atoms with Crippen LogP contribution in [-0.4, -0.2) is 36.1 Å². The zero-order chi connectivity index (χ0) is 48.0. The molecule has 4 rings (SSSR count). The number of nitrogens with zero attached hydrogens (tertiary/aromatic N) is 4. The van der Waals surface area contributed by atoms with Crippen molar-refractivity contribution in [3.63, 3.8) is 0 Å². The average Bonchev–Trinajstić information content (AvgIpc) is 3.15. The van der Waals surface area contributed by atoms with Crippen LogP contribution in [-0.2, 0) is 27.4 Å². The fourth-order valence-corrected chi connectivity index (χ4v) is 5.38. The van der Waals surface area contributed by atoms with Gasteiger partial charge in [-0.15, -0.1) is 11.4 Å². The van der Waals surface area contributed by atoms with Gasteiger partial charge in [-0.1, -0.05) is 106 Å². The Labute approximate surface area is 382 Å². The van der Waals surface area contributed by atoms with Crippen molar-refractivity contribution in [1.29, 1.82) is 0 Å². The first-order chi connectivity index (χ1) is 28.6. The molecule has 0 heterocycles. The number of aryl methyl sites for hydroxylation is 8. The molecule has 0 aliphatic rings.